The lowest BCUT2D eigenvalue weighted by Crippen LogP contribution is -2.27. The van der Waals surface area contributed by atoms with Crippen molar-refractivity contribution in [3.63, 3.8) is 0 Å². The van der Waals surface area contributed by atoms with Gasteiger partial charge in [-0.3, -0.25) is 0 Å². The number of fused-ring (bicyclic) bond motifs is 10. The van der Waals surface area contributed by atoms with Gasteiger partial charge in [0.15, 0.2) is 0 Å². The van der Waals surface area contributed by atoms with Gasteiger partial charge in [0.05, 0.1) is 5.41 Å². The van der Waals surface area contributed by atoms with Crippen LogP contribution >= 0.6 is 0 Å². The lowest BCUT2D eigenvalue weighted by Gasteiger charge is -2.33. The van der Waals surface area contributed by atoms with Gasteiger partial charge in [0.1, 0.15) is 0 Å². The maximum absolute atomic E-state index is 2.51. The molecule has 0 nitrogen and oxygen atoms in total. The molecule has 0 unspecified atom stereocenters. The van der Waals surface area contributed by atoms with E-state index in [2.05, 4.69) is 127 Å². The van der Waals surface area contributed by atoms with Gasteiger partial charge >= 0.3 is 0 Å². The van der Waals surface area contributed by atoms with Crippen molar-refractivity contribution in [2.45, 2.75) is 64.7 Å². The maximum atomic E-state index is 2.51. The lowest BCUT2D eigenvalue weighted by molar-refractivity contribution is 0.586. The van der Waals surface area contributed by atoms with E-state index in [1.807, 2.05) is 0 Å². The lowest BCUT2D eigenvalue weighted by atomic mass is 9.68. The summed E-state index contributed by atoms with van der Waals surface area (Å²) in [6.07, 6.45) is 0. The normalized spacial score (nSPS) is 15.1. The van der Waals surface area contributed by atoms with Crippen LogP contribution in [-0.4, -0.2) is 0 Å². The average Bonchev–Trinajstić information content (AvgIpc) is 3.24. The minimum Gasteiger partial charge on any atom is -0.0619 e. The zero-order valence-corrected chi connectivity index (χ0v) is 21.5. The Morgan fingerprint density at radius 3 is 1.44 bits per heavy atom. The number of hydrogen-bond acceptors (Lipinski definition) is 0. The molecule has 0 aliphatic heterocycles. The summed E-state index contributed by atoms with van der Waals surface area (Å²) in [5, 5.41) is 0. The van der Waals surface area contributed by atoms with E-state index in [-0.39, 0.29) is 16.2 Å². The topological polar surface area (TPSA) is 0 Å². The highest BCUT2D eigenvalue weighted by Crippen LogP contribution is 2.63. The van der Waals surface area contributed by atoms with Gasteiger partial charge in [0.25, 0.3) is 0 Å². The summed E-state index contributed by atoms with van der Waals surface area (Å²) in [6, 6.07) is 30.6. The first-order valence-electron chi connectivity index (χ1n) is 12.5. The molecule has 4 aromatic rings. The molecule has 0 radical (unpaired) electrons. The number of benzene rings is 4. The first kappa shape index (κ1) is 21.4. The fraction of sp³-hybridized carbons (Fsp3) is 0.294. The van der Waals surface area contributed by atoms with Crippen molar-refractivity contribution < 1.29 is 0 Å². The van der Waals surface area contributed by atoms with Crippen LogP contribution in [-0.2, 0) is 16.2 Å². The standard InChI is InChI=1S/C34H34/c1-21-12-15-25-24-10-8-9-11-28(24)34(29(25)18-21)30-19-22(32(2,3)4)13-16-26(30)27-17-14-23(20-31(27)34)33(5,6)7/h8-20H,1-7H3. The Labute approximate surface area is 204 Å². The van der Waals surface area contributed by atoms with E-state index in [0.29, 0.717) is 0 Å². The van der Waals surface area contributed by atoms with Gasteiger partial charge in [0, 0.05) is 0 Å². The van der Waals surface area contributed by atoms with Gasteiger partial charge in [-0.2, -0.15) is 0 Å². The zero-order valence-electron chi connectivity index (χ0n) is 21.5. The van der Waals surface area contributed by atoms with Crippen molar-refractivity contribution in [2.24, 2.45) is 0 Å². The smallest absolute Gasteiger partial charge is 0.0619 e. The summed E-state index contributed by atoms with van der Waals surface area (Å²) in [6.45, 7) is 16.2. The molecule has 0 N–H and O–H groups in total. The van der Waals surface area contributed by atoms with Crippen LogP contribution in [0.3, 0.4) is 0 Å². The van der Waals surface area contributed by atoms with Crippen LogP contribution in [0.25, 0.3) is 22.3 Å². The summed E-state index contributed by atoms with van der Waals surface area (Å²) in [5.41, 5.74) is 15.3. The molecule has 0 amide bonds. The van der Waals surface area contributed by atoms with E-state index in [4.69, 9.17) is 0 Å². The van der Waals surface area contributed by atoms with E-state index in [0.717, 1.165) is 0 Å². The third-order valence-electron chi connectivity index (χ3n) is 8.07. The van der Waals surface area contributed by atoms with Gasteiger partial charge < -0.3 is 0 Å². The van der Waals surface area contributed by atoms with E-state index >= 15 is 0 Å². The van der Waals surface area contributed by atoms with Crippen LogP contribution in [0.4, 0.5) is 0 Å². The van der Waals surface area contributed by atoms with Crippen molar-refractivity contribution in [1.82, 2.24) is 0 Å². The monoisotopic (exact) mass is 442 g/mol. The van der Waals surface area contributed by atoms with Crippen molar-refractivity contribution in [1.29, 1.82) is 0 Å². The second kappa shape index (κ2) is 6.72. The summed E-state index contributed by atoms with van der Waals surface area (Å²) in [5.74, 6) is 0. The fourth-order valence-corrected chi connectivity index (χ4v) is 6.23. The molecule has 0 aromatic heterocycles. The van der Waals surface area contributed by atoms with Crippen LogP contribution in [0, 0.1) is 6.92 Å². The molecule has 1 spiro atoms. The van der Waals surface area contributed by atoms with Crippen molar-refractivity contribution in [3.8, 4) is 22.3 Å². The predicted molar refractivity (Wildman–Crippen MR) is 145 cm³/mol. The van der Waals surface area contributed by atoms with Gasteiger partial charge in [-0.15, -0.1) is 0 Å². The molecule has 2 aliphatic rings. The Morgan fingerprint density at radius 1 is 0.471 bits per heavy atom. The molecule has 0 saturated carbocycles. The Bertz CT molecular complexity index is 1400. The van der Waals surface area contributed by atoms with Crippen LogP contribution in [0.5, 0.6) is 0 Å². The molecule has 0 heteroatoms. The second-order valence-corrected chi connectivity index (χ2v) is 12.4. The van der Waals surface area contributed by atoms with Crippen molar-refractivity contribution in [3.05, 3.63) is 118 Å². The van der Waals surface area contributed by atoms with Gasteiger partial charge in [0.2, 0.25) is 0 Å². The SMILES string of the molecule is Cc1ccc2c(c1)C1(c3ccccc3-2)c2cc(C(C)(C)C)ccc2-c2ccc(C(C)(C)C)cc21. The first-order chi connectivity index (χ1) is 16.0. The molecule has 0 saturated heterocycles. The summed E-state index contributed by atoms with van der Waals surface area (Å²) in [7, 11) is 0. The predicted octanol–water partition coefficient (Wildman–Crippen LogP) is 8.93. The zero-order chi connectivity index (χ0) is 24.0. The molecule has 0 bridgehead atoms. The molecule has 0 atom stereocenters. The Kier molecular flexibility index (Phi) is 4.24. The molecular weight excluding hydrogens is 408 g/mol. The van der Waals surface area contributed by atoms with Crippen LogP contribution in [0.15, 0.2) is 78.9 Å². The molecule has 4 aromatic carbocycles. The quantitative estimate of drug-likeness (QED) is 0.220. The Balaban J connectivity index is 1.82. The summed E-state index contributed by atoms with van der Waals surface area (Å²) >= 11 is 0. The molecule has 6 rings (SSSR count). The molecule has 34 heavy (non-hydrogen) atoms. The number of aryl methyl sites for hydroxylation is 1. The second-order valence-electron chi connectivity index (χ2n) is 12.4. The van der Waals surface area contributed by atoms with E-state index in [9.17, 15) is 0 Å². The van der Waals surface area contributed by atoms with Crippen LogP contribution < -0.4 is 0 Å². The summed E-state index contributed by atoms with van der Waals surface area (Å²) in [4.78, 5) is 0. The number of rotatable bonds is 0. The molecule has 0 fully saturated rings. The van der Waals surface area contributed by atoms with E-state index < -0.39 is 0 Å². The highest BCUT2D eigenvalue weighted by Gasteiger charge is 2.52. The van der Waals surface area contributed by atoms with Crippen molar-refractivity contribution >= 4 is 0 Å². The maximum Gasteiger partial charge on any atom is 0.0725 e. The van der Waals surface area contributed by atoms with Crippen molar-refractivity contribution in [2.75, 3.05) is 0 Å². The Hall–Kier alpha value is -3.12. The molecule has 2 aliphatic carbocycles. The highest BCUT2D eigenvalue weighted by molar-refractivity contribution is 5.95. The largest absolute Gasteiger partial charge is 0.0725 e. The van der Waals surface area contributed by atoms with Gasteiger partial charge in [-0.25, -0.2) is 0 Å². The molecular formula is C34H34. The third kappa shape index (κ3) is 2.72. The Morgan fingerprint density at radius 2 is 0.912 bits per heavy atom. The summed E-state index contributed by atoms with van der Waals surface area (Å²) < 4.78 is 0. The first-order valence-corrected chi connectivity index (χ1v) is 12.5. The third-order valence-corrected chi connectivity index (χ3v) is 8.07. The van der Waals surface area contributed by atoms with Gasteiger partial charge in [-0.1, -0.05) is 126 Å². The van der Waals surface area contributed by atoms with E-state index in [1.165, 1.54) is 61.2 Å². The minimum absolute atomic E-state index is 0.0924. The average molecular weight is 443 g/mol. The fourth-order valence-electron chi connectivity index (χ4n) is 6.23. The van der Waals surface area contributed by atoms with Crippen LogP contribution in [0.1, 0.15) is 80.5 Å². The minimum atomic E-state index is -0.273. The molecule has 170 valence electrons. The van der Waals surface area contributed by atoms with E-state index in [1.54, 1.807) is 0 Å². The molecule has 0 heterocycles. The van der Waals surface area contributed by atoms with Crippen LogP contribution in [0.2, 0.25) is 0 Å². The number of hydrogen-bond donors (Lipinski definition) is 0. The highest BCUT2D eigenvalue weighted by atomic mass is 14.5. The van der Waals surface area contributed by atoms with Gasteiger partial charge in [-0.05, 0) is 73.4 Å².